The number of carbonyl (C=O) groups is 3. The third-order valence-electron chi connectivity index (χ3n) is 8.67. The maximum Gasteiger partial charge on any atom is 0.407 e. The molecule has 7 nitrogen and oxygen atoms in total. The van der Waals surface area contributed by atoms with Crippen molar-refractivity contribution in [2.75, 3.05) is 6.61 Å². The van der Waals surface area contributed by atoms with E-state index in [0.717, 1.165) is 12.8 Å². The number of alkyl carbamates (subject to hydrolysis) is 1. The number of carboxylic acid groups (broad SMARTS) is 1. The molecule has 1 unspecified atom stereocenters. The zero-order chi connectivity index (χ0) is 24.1. The van der Waals surface area contributed by atoms with Gasteiger partial charge in [-0.25, -0.2) is 4.79 Å². The van der Waals surface area contributed by atoms with E-state index in [4.69, 9.17) is 4.74 Å². The van der Waals surface area contributed by atoms with Gasteiger partial charge in [-0.15, -0.1) is 0 Å². The molecule has 35 heavy (non-hydrogen) atoms. The van der Waals surface area contributed by atoms with E-state index < -0.39 is 12.1 Å². The zero-order valence-electron chi connectivity index (χ0n) is 19.5. The summed E-state index contributed by atoms with van der Waals surface area (Å²) < 4.78 is 5.61. The molecule has 3 saturated carbocycles. The van der Waals surface area contributed by atoms with Crippen LogP contribution in [0.15, 0.2) is 48.5 Å². The van der Waals surface area contributed by atoms with Crippen molar-refractivity contribution < 1.29 is 24.2 Å². The molecule has 2 amide bonds. The first-order valence-electron chi connectivity index (χ1n) is 12.6. The molecule has 0 radical (unpaired) electrons. The molecule has 0 aromatic heterocycles. The number of ether oxygens (including phenoxy) is 1. The smallest absolute Gasteiger partial charge is 0.407 e. The molecular weight excluding hydrogens is 444 g/mol. The molecule has 0 bridgehead atoms. The Morgan fingerprint density at radius 2 is 1.49 bits per heavy atom. The van der Waals surface area contributed by atoms with E-state index in [-0.39, 0.29) is 42.4 Å². The second-order valence-corrected chi connectivity index (χ2v) is 10.6. The van der Waals surface area contributed by atoms with Crippen LogP contribution in [0.4, 0.5) is 4.79 Å². The highest BCUT2D eigenvalue weighted by Crippen LogP contribution is 2.50. The average molecular weight is 475 g/mol. The largest absolute Gasteiger partial charge is 0.481 e. The highest BCUT2D eigenvalue weighted by Gasteiger charge is 2.50. The van der Waals surface area contributed by atoms with Gasteiger partial charge in [-0.3, -0.25) is 9.59 Å². The van der Waals surface area contributed by atoms with Crippen LogP contribution in [-0.2, 0) is 14.3 Å². The molecule has 2 aromatic rings. The van der Waals surface area contributed by atoms with E-state index in [0.29, 0.717) is 31.1 Å². The summed E-state index contributed by atoms with van der Waals surface area (Å²) in [6.07, 6.45) is 3.06. The van der Waals surface area contributed by atoms with E-state index in [9.17, 15) is 19.5 Å². The molecule has 6 rings (SSSR count). The van der Waals surface area contributed by atoms with E-state index in [1.807, 2.05) is 24.3 Å². The minimum Gasteiger partial charge on any atom is -0.481 e. The highest BCUT2D eigenvalue weighted by molar-refractivity contribution is 5.81. The van der Waals surface area contributed by atoms with Crippen LogP contribution < -0.4 is 10.6 Å². The Kier molecular flexibility index (Phi) is 5.50. The van der Waals surface area contributed by atoms with Gasteiger partial charge in [0.15, 0.2) is 0 Å². The van der Waals surface area contributed by atoms with Crippen LogP contribution in [0.1, 0.15) is 49.1 Å². The summed E-state index contributed by atoms with van der Waals surface area (Å²) >= 11 is 0. The van der Waals surface area contributed by atoms with Crippen LogP contribution in [0.25, 0.3) is 11.1 Å². The van der Waals surface area contributed by atoms with Crippen molar-refractivity contribution in [2.45, 2.75) is 50.1 Å². The first-order chi connectivity index (χ1) is 17.0. The highest BCUT2D eigenvalue weighted by atomic mass is 16.5. The molecule has 3 fully saturated rings. The van der Waals surface area contributed by atoms with Gasteiger partial charge >= 0.3 is 12.1 Å². The topological polar surface area (TPSA) is 105 Å². The molecular formula is C28H30N2O5. The van der Waals surface area contributed by atoms with Crippen molar-refractivity contribution in [1.82, 2.24) is 10.6 Å². The first-order valence-corrected chi connectivity index (χ1v) is 12.6. The maximum atomic E-state index is 12.6. The summed E-state index contributed by atoms with van der Waals surface area (Å²) in [5.41, 5.74) is 4.74. The van der Waals surface area contributed by atoms with Gasteiger partial charge in [0.25, 0.3) is 0 Å². The van der Waals surface area contributed by atoms with Crippen LogP contribution in [0.2, 0.25) is 0 Å². The Balaban J connectivity index is 0.955. The fourth-order valence-electron chi connectivity index (χ4n) is 6.65. The number of fused-ring (bicyclic) bond motifs is 4. The summed E-state index contributed by atoms with van der Waals surface area (Å²) in [7, 11) is 0. The molecule has 4 aliphatic rings. The predicted octanol–water partition coefficient (Wildman–Crippen LogP) is 3.92. The van der Waals surface area contributed by atoms with Crippen molar-refractivity contribution in [1.29, 1.82) is 0 Å². The summed E-state index contributed by atoms with van der Waals surface area (Å²) in [6, 6.07) is 16.5. The molecule has 182 valence electrons. The Bertz CT molecular complexity index is 1130. The van der Waals surface area contributed by atoms with Gasteiger partial charge in [-0.1, -0.05) is 48.5 Å². The normalized spacial score (nSPS) is 30.2. The molecule has 7 heteroatoms. The lowest BCUT2D eigenvalue weighted by molar-refractivity contribution is -0.141. The standard InChI is InChI=1S/C28H30N2O5/c31-26(30-25-13-15-9-17(27(32)33)12-23(15)25)16-10-18(11-16)29-28(34)35-14-24-21-7-3-1-5-19(21)20-6-2-4-8-22(20)24/h1-8,15-18,23-25H,9-14H2,(H,29,34)(H,30,31)(H,32,33)/t15-,16?,17?,18?,23-,25+/m1/s1. The fourth-order valence-corrected chi connectivity index (χ4v) is 6.65. The van der Waals surface area contributed by atoms with Crippen molar-refractivity contribution >= 4 is 18.0 Å². The molecule has 0 heterocycles. The van der Waals surface area contributed by atoms with Crippen LogP contribution in [-0.4, -0.2) is 41.8 Å². The maximum absolute atomic E-state index is 12.6. The van der Waals surface area contributed by atoms with Gasteiger partial charge in [0, 0.05) is 23.9 Å². The second kappa shape index (κ2) is 8.70. The van der Waals surface area contributed by atoms with Gasteiger partial charge in [0.05, 0.1) is 5.92 Å². The summed E-state index contributed by atoms with van der Waals surface area (Å²) in [4.78, 5) is 36.3. The molecule has 0 spiro atoms. The number of amides is 2. The number of rotatable bonds is 6. The number of hydrogen-bond donors (Lipinski definition) is 3. The van der Waals surface area contributed by atoms with Crippen molar-refractivity contribution in [2.24, 2.45) is 23.7 Å². The third kappa shape index (κ3) is 3.97. The average Bonchev–Trinajstić information content (AvgIpc) is 3.33. The SMILES string of the molecule is O=C(NC1CC(C(=O)N[C@H]2C[C@H]3CC(C(=O)O)C[C@H]32)C1)OCC1c2ccccc2-c2ccccc21. The Labute approximate surface area is 204 Å². The summed E-state index contributed by atoms with van der Waals surface area (Å²) in [5, 5.41) is 15.3. The van der Waals surface area contributed by atoms with E-state index in [2.05, 4.69) is 34.9 Å². The van der Waals surface area contributed by atoms with Crippen LogP contribution >= 0.6 is 0 Å². The molecule has 0 aliphatic heterocycles. The second-order valence-electron chi connectivity index (χ2n) is 10.6. The van der Waals surface area contributed by atoms with Crippen molar-refractivity contribution in [3.8, 4) is 11.1 Å². The van der Waals surface area contributed by atoms with Crippen LogP contribution in [0.5, 0.6) is 0 Å². The summed E-state index contributed by atoms with van der Waals surface area (Å²) in [5.74, 6) is -0.300. The van der Waals surface area contributed by atoms with Gasteiger partial charge in [0.2, 0.25) is 5.91 Å². The van der Waals surface area contributed by atoms with Gasteiger partial charge in [-0.2, -0.15) is 0 Å². The minimum absolute atomic E-state index is 0.0238. The van der Waals surface area contributed by atoms with Crippen molar-refractivity contribution in [3.63, 3.8) is 0 Å². The fraction of sp³-hybridized carbons (Fsp3) is 0.464. The number of carboxylic acids is 1. The van der Waals surface area contributed by atoms with E-state index in [1.165, 1.54) is 22.3 Å². The van der Waals surface area contributed by atoms with Crippen LogP contribution in [0, 0.1) is 23.7 Å². The number of hydrogen-bond acceptors (Lipinski definition) is 4. The summed E-state index contributed by atoms with van der Waals surface area (Å²) in [6.45, 7) is 0.276. The third-order valence-corrected chi connectivity index (χ3v) is 8.67. The number of carbonyl (C=O) groups excluding carboxylic acids is 2. The predicted molar refractivity (Wildman–Crippen MR) is 129 cm³/mol. The number of benzene rings is 2. The Hall–Kier alpha value is -3.35. The minimum atomic E-state index is -0.717. The zero-order valence-corrected chi connectivity index (χ0v) is 19.5. The molecule has 4 atom stereocenters. The number of nitrogens with one attached hydrogen (secondary N) is 2. The monoisotopic (exact) mass is 474 g/mol. The molecule has 4 aliphatic carbocycles. The van der Waals surface area contributed by atoms with Gasteiger partial charge in [-0.05, 0) is 66.2 Å². The quantitative estimate of drug-likeness (QED) is 0.589. The van der Waals surface area contributed by atoms with E-state index in [1.54, 1.807) is 0 Å². The molecule has 3 N–H and O–H groups in total. The van der Waals surface area contributed by atoms with Gasteiger partial charge in [0.1, 0.15) is 6.61 Å². The first kappa shape index (κ1) is 22.1. The molecule has 2 aromatic carbocycles. The lowest BCUT2D eigenvalue weighted by atomic mass is 9.71. The van der Waals surface area contributed by atoms with Crippen LogP contribution in [0.3, 0.4) is 0 Å². The molecule has 0 saturated heterocycles. The Morgan fingerprint density at radius 1 is 0.829 bits per heavy atom. The Morgan fingerprint density at radius 3 is 2.14 bits per heavy atom. The number of aliphatic carboxylic acids is 1. The lowest BCUT2D eigenvalue weighted by Crippen LogP contribution is -2.55. The lowest BCUT2D eigenvalue weighted by Gasteiger charge is -2.43. The van der Waals surface area contributed by atoms with E-state index >= 15 is 0 Å². The van der Waals surface area contributed by atoms with Gasteiger partial charge < -0.3 is 20.5 Å². The van der Waals surface area contributed by atoms with Crippen molar-refractivity contribution in [3.05, 3.63) is 59.7 Å².